The van der Waals surface area contributed by atoms with E-state index in [1.54, 1.807) is 30.3 Å². The first-order valence-electron chi connectivity index (χ1n) is 9.05. The zero-order chi connectivity index (χ0) is 19.5. The number of hydrogen-bond donors (Lipinski definition) is 2. The van der Waals surface area contributed by atoms with Crippen molar-refractivity contribution in [3.63, 3.8) is 0 Å². The molecule has 0 spiro atoms. The van der Waals surface area contributed by atoms with Crippen LogP contribution in [0.5, 0.6) is 5.75 Å². The number of carbonyl (C=O) groups excluding carboxylic acids is 2. The van der Waals surface area contributed by atoms with Gasteiger partial charge in [0.1, 0.15) is 17.6 Å². The molecule has 2 N–H and O–H groups in total. The van der Waals surface area contributed by atoms with E-state index in [0.717, 1.165) is 0 Å². The van der Waals surface area contributed by atoms with Gasteiger partial charge in [-0.2, -0.15) is 0 Å². The Morgan fingerprint density at radius 1 is 1.14 bits per heavy atom. The number of morpholine rings is 1. The van der Waals surface area contributed by atoms with Crippen LogP contribution < -0.4 is 15.4 Å². The van der Waals surface area contributed by atoms with Crippen molar-refractivity contribution in [1.82, 2.24) is 4.90 Å². The fraction of sp³-hybridized carbons (Fsp3) is 0.300. The molecule has 28 heavy (non-hydrogen) atoms. The summed E-state index contributed by atoms with van der Waals surface area (Å²) in [5.74, 6) is -0.290. The first kappa shape index (κ1) is 18.4. The smallest absolute Gasteiger partial charge is 0.262 e. The van der Waals surface area contributed by atoms with Crippen LogP contribution in [0.4, 0.5) is 15.8 Å². The minimum absolute atomic E-state index is 0.0591. The lowest BCUT2D eigenvalue weighted by atomic mass is 10.0. The lowest BCUT2D eigenvalue weighted by molar-refractivity contribution is -0.123. The molecule has 2 aromatic rings. The van der Waals surface area contributed by atoms with Gasteiger partial charge < -0.3 is 20.1 Å². The van der Waals surface area contributed by atoms with Crippen molar-refractivity contribution < 1.29 is 23.5 Å². The number of nitrogens with one attached hydrogen (secondary N) is 2. The Hall–Kier alpha value is -2.97. The van der Waals surface area contributed by atoms with Crippen LogP contribution in [0.1, 0.15) is 11.6 Å². The van der Waals surface area contributed by atoms with Crippen molar-refractivity contribution in [2.24, 2.45) is 0 Å². The zero-order valence-electron chi connectivity index (χ0n) is 15.1. The summed E-state index contributed by atoms with van der Waals surface area (Å²) in [6.07, 6.45) is 0. The number of nitrogens with zero attached hydrogens (tertiary/aromatic N) is 1. The van der Waals surface area contributed by atoms with Crippen LogP contribution in [-0.4, -0.2) is 49.6 Å². The normalized spacial score (nSPS) is 17.8. The summed E-state index contributed by atoms with van der Waals surface area (Å²) in [5.41, 5.74) is 1.83. The Morgan fingerprint density at radius 3 is 2.64 bits per heavy atom. The standard InChI is InChI=1S/C20H20FN3O4/c21-14-3-1-13(2-4-14)19(24-7-9-27-10-8-24)20(26)22-15-5-6-16-17(11-15)28-12-18(25)23-16/h1-6,11,19H,7-10,12H2,(H,22,26)(H,23,25)/t19-/m1/s1. The van der Waals surface area contributed by atoms with Crippen LogP contribution in [0.2, 0.25) is 0 Å². The SMILES string of the molecule is O=C1COc2cc(NC(=O)[C@@H](c3ccc(F)cc3)N3CCOCC3)ccc2N1. The molecule has 2 heterocycles. The van der Waals surface area contributed by atoms with Gasteiger partial charge in [-0.05, 0) is 29.8 Å². The third-order valence-corrected chi connectivity index (χ3v) is 4.73. The first-order chi connectivity index (χ1) is 13.6. The van der Waals surface area contributed by atoms with Crippen molar-refractivity contribution in [1.29, 1.82) is 0 Å². The molecule has 7 nitrogen and oxygen atoms in total. The number of anilines is 2. The molecule has 0 radical (unpaired) electrons. The summed E-state index contributed by atoms with van der Waals surface area (Å²) < 4.78 is 24.1. The Bertz CT molecular complexity index is 882. The van der Waals surface area contributed by atoms with E-state index >= 15 is 0 Å². The number of carbonyl (C=O) groups is 2. The fourth-order valence-electron chi connectivity index (χ4n) is 3.37. The second-order valence-electron chi connectivity index (χ2n) is 6.64. The fourth-order valence-corrected chi connectivity index (χ4v) is 3.37. The van der Waals surface area contributed by atoms with Crippen LogP contribution in [0.25, 0.3) is 0 Å². The average molecular weight is 385 g/mol. The van der Waals surface area contributed by atoms with Crippen molar-refractivity contribution in [3.8, 4) is 5.75 Å². The van der Waals surface area contributed by atoms with E-state index in [9.17, 15) is 14.0 Å². The number of hydrogen-bond acceptors (Lipinski definition) is 5. The van der Waals surface area contributed by atoms with E-state index in [0.29, 0.717) is 49.0 Å². The molecule has 146 valence electrons. The summed E-state index contributed by atoms with van der Waals surface area (Å²) in [6.45, 7) is 2.23. The predicted molar refractivity (Wildman–Crippen MR) is 101 cm³/mol. The largest absolute Gasteiger partial charge is 0.482 e. The highest BCUT2D eigenvalue weighted by Gasteiger charge is 2.29. The first-order valence-corrected chi connectivity index (χ1v) is 9.05. The molecule has 4 rings (SSSR count). The third-order valence-electron chi connectivity index (χ3n) is 4.73. The number of fused-ring (bicyclic) bond motifs is 1. The quantitative estimate of drug-likeness (QED) is 0.843. The van der Waals surface area contributed by atoms with Gasteiger partial charge in [-0.3, -0.25) is 14.5 Å². The Balaban J connectivity index is 1.57. The molecule has 0 saturated carbocycles. The summed E-state index contributed by atoms with van der Waals surface area (Å²) >= 11 is 0. The topological polar surface area (TPSA) is 79.9 Å². The zero-order valence-corrected chi connectivity index (χ0v) is 15.1. The van der Waals surface area contributed by atoms with E-state index in [2.05, 4.69) is 10.6 Å². The van der Waals surface area contributed by atoms with Gasteiger partial charge in [0.15, 0.2) is 6.61 Å². The van der Waals surface area contributed by atoms with Crippen molar-refractivity contribution >= 4 is 23.2 Å². The molecule has 0 bridgehead atoms. The van der Waals surface area contributed by atoms with Gasteiger partial charge in [0.05, 0.1) is 18.9 Å². The maximum Gasteiger partial charge on any atom is 0.262 e. The number of amides is 2. The molecule has 2 amide bonds. The third kappa shape index (κ3) is 3.97. The average Bonchev–Trinajstić information content (AvgIpc) is 2.70. The predicted octanol–water partition coefficient (Wildman–Crippen LogP) is 2.17. The van der Waals surface area contributed by atoms with E-state index in [-0.39, 0.29) is 24.2 Å². The van der Waals surface area contributed by atoms with Gasteiger partial charge >= 0.3 is 0 Å². The van der Waals surface area contributed by atoms with Crippen LogP contribution in [-0.2, 0) is 14.3 Å². The van der Waals surface area contributed by atoms with Gasteiger partial charge in [-0.1, -0.05) is 12.1 Å². The van der Waals surface area contributed by atoms with Crippen molar-refractivity contribution in [2.45, 2.75) is 6.04 Å². The highest BCUT2D eigenvalue weighted by Crippen LogP contribution is 2.31. The Morgan fingerprint density at radius 2 is 1.89 bits per heavy atom. The minimum atomic E-state index is -0.568. The molecule has 2 aliphatic heterocycles. The molecule has 8 heteroatoms. The molecule has 2 aliphatic rings. The number of ether oxygens (including phenoxy) is 2. The maximum absolute atomic E-state index is 13.4. The van der Waals surface area contributed by atoms with Crippen molar-refractivity contribution in [3.05, 3.63) is 53.8 Å². The summed E-state index contributed by atoms with van der Waals surface area (Å²) in [7, 11) is 0. The molecule has 0 aromatic heterocycles. The number of rotatable bonds is 4. The van der Waals surface area contributed by atoms with E-state index in [4.69, 9.17) is 9.47 Å². The maximum atomic E-state index is 13.4. The molecular weight excluding hydrogens is 365 g/mol. The number of halogens is 1. The van der Waals surface area contributed by atoms with Gasteiger partial charge in [0, 0.05) is 24.8 Å². The Labute approximate surface area is 161 Å². The second-order valence-corrected chi connectivity index (χ2v) is 6.64. The summed E-state index contributed by atoms with van der Waals surface area (Å²) in [4.78, 5) is 26.5. The lowest BCUT2D eigenvalue weighted by Gasteiger charge is -2.33. The highest BCUT2D eigenvalue weighted by atomic mass is 19.1. The molecule has 0 aliphatic carbocycles. The van der Waals surface area contributed by atoms with Crippen molar-refractivity contribution in [2.75, 3.05) is 43.5 Å². The van der Waals surface area contributed by atoms with Gasteiger partial charge in [0.2, 0.25) is 5.91 Å². The monoisotopic (exact) mass is 385 g/mol. The summed E-state index contributed by atoms with van der Waals surface area (Å²) in [6, 6.07) is 10.4. The molecule has 0 unspecified atom stereocenters. The highest BCUT2D eigenvalue weighted by molar-refractivity contribution is 5.98. The molecule has 1 atom stereocenters. The van der Waals surface area contributed by atoms with E-state index in [1.807, 2.05) is 4.90 Å². The minimum Gasteiger partial charge on any atom is -0.482 e. The van der Waals surface area contributed by atoms with E-state index in [1.165, 1.54) is 12.1 Å². The molecule has 1 saturated heterocycles. The second kappa shape index (κ2) is 7.95. The van der Waals surface area contributed by atoms with Crippen LogP contribution in [0, 0.1) is 5.82 Å². The molecule has 1 fully saturated rings. The van der Waals surface area contributed by atoms with Crippen LogP contribution in [0.15, 0.2) is 42.5 Å². The van der Waals surface area contributed by atoms with Crippen LogP contribution in [0.3, 0.4) is 0 Å². The molecule has 2 aromatic carbocycles. The van der Waals surface area contributed by atoms with Gasteiger partial charge in [-0.25, -0.2) is 4.39 Å². The summed E-state index contributed by atoms with van der Waals surface area (Å²) in [5, 5.41) is 5.62. The van der Waals surface area contributed by atoms with Crippen LogP contribution >= 0.6 is 0 Å². The van der Waals surface area contributed by atoms with E-state index < -0.39 is 6.04 Å². The Kier molecular flexibility index (Phi) is 5.23. The van der Waals surface area contributed by atoms with Gasteiger partial charge in [0.25, 0.3) is 5.91 Å². The molecular formula is C20H20FN3O4. The number of benzene rings is 2. The van der Waals surface area contributed by atoms with Gasteiger partial charge in [-0.15, -0.1) is 0 Å². The lowest BCUT2D eigenvalue weighted by Crippen LogP contribution is -2.43.